The molecule has 2 rings (SSSR count). The highest BCUT2D eigenvalue weighted by Gasteiger charge is 2.05. The number of ether oxygens (including phenoxy) is 1. The van der Waals surface area contributed by atoms with Crippen molar-refractivity contribution in [2.24, 2.45) is 0 Å². The number of carbonyl (C=O) groups is 1. The lowest BCUT2D eigenvalue weighted by Gasteiger charge is -2.03. The minimum Gasteiger partial charge on any atom is -0.452 e. The maximum Gasteiger partial charge on any atom is 0.165 e. The van der Waals surface area contributed by atoms with Crippen molar-refractivity contribution in [2.45, 2.75) is 13.5 Å². The van der Waals surface area contributed by atoms with Crippen LogP contribution in [0, 0.1) is 0 Å². The van der Waals surface area contributed by atoms with Crippen molar-refractivity contribution >= 4 is 17.4 Å². The van der Waals surface area contributed by atoms with E-state index in [0.29, 0.717) is 16.5 Å². The highest BCUT2D eigenvalue weighted by molar-refractivity contribution is 6.32. The molecule has 1 aromatic carbocycles. The first-order chi connectivity index (χ1) is 8.15. The number of carbonyl (C=O) groups excluding carboxylic acids is 1. The fourth-order valence-electron chi connectivity index (χ4n) is 1.37. The summed E-state index contributed by atoms with van der Waals surface area (Å²) in [4.78, 5) is 10.9. The Balaban J connectivity index is 2.12. The summed E-state index contributed by atoms with van der Waals surface area (Å²) in [6.07, 6.45) is 3.21. The number of ketones is 1. The number of aromatic nitrogens is 2. The minimum absolute atomic E-state index is 0.0393. The van der Waals surface area contributed by atoms with Crippen LogP contribution in [0.4, 0.5) is 0 Å². The molecule has 0 aliphatic heterocycles. The van der Waals surface area contributed by atoms with E-state index in [-0.39, 0.29) is 12.3 Å². The molecule has 4 nitrogen and oxygen atoms in total. The molecule has 0 saturated heterocycles. The Labute approximate surface area is 104 Å². The van der Waals surface area contributed by atoms with E-state index in [2.05, 4.69) is 5.10 Å². The quantitative estimate of drug-likeness (QED) is 0.838. The molecule has 0 radical (unpaired) electrons. The van der Waals surface area contributed by atoms with Crippen LogP contribution in [0.25, 0.3) is 0 Å². The summed E-state index contributed by atoms with van der Waals surface area (Å²) in [5.41, 5.74) is 0. The largest absolute Gasteiger partial charge is 0.452 e. The molecule has 0 saturated carbocycles. The second kappa shape index (κ2) is 5.01. The Bertz CT molecular complexity index is 537. The Morgan fingerprint density at radius 2 is 2.24 bits per heavy atom. The number of rotatable bonds is 4. The molecule has 0 spiro atoms. The Morgan fingerprint density at radius 3 is 2.94 bits per heavy atom. The third-order valence-electron chi connectivity index (χ3n) is 2.06. The topological polar surface area (TPSA) is 44.1 Å². The lowest BCUT2D eigenvalue weighted by atomic mass is 10.3. The first kappa shape index (κ1) is 11.7. The van der Waals surface area contributed by atoms with Crippen molar-refractivity contribution in [3.63, 3.8) is 0 Å². The smallest absolute Gasteiger partial charge is 0.165 e. The third-order valence-corrected chi connectivity index (χ3v) is 2.37. The standard InChI is InChI=1S/C12H11ClN2O2/c1-9(16)7-15-8-10(6-14-15)17-12-5-3-2-4-11(12)13/h2-6,8H,7H2,1H3. The van der Waals surface area contributed by atoms with Gasteiger partial charge >= 0.3 is 0 Å². The van der Waals surface area contributed by atoms with Crippen LogP contribution >= 0.6 is 11.6 Å². The normalized spacial score (nSPS) is 10.2. The number of Topliss-reactive ketones (excluding diaryl/α,β-unsaturated/α-hetero) is 1. The molecule has 0 N–H and O–H groups in total. The van der Waals surface area contributed by atoms with E-state index in [1.54, 1.807) is 24.5 Å². The molecule has 0 unspecified atom stereocenters. The van der Waals surface area contributed by atoms with Gasteiger partial charge in [-0.1, -0.05) is 23.7 Å². The zero-order chi connectivity index (χ0) is 12.3. The molecule has 0 fully saturated rings. The molecule has 0 amide bonds. The van der Waals surface area contributed by atoms with Crippen molar-refractivity contribution < 1.29 is 9.53 Å². The van der Waals surface area contributed by atoms with Gasteiger partial charge in [-0.3, -0.25) is 9.48 Å². The van der Waals surface area contributed by atoms with Gasteiger partial charge in [0.1, 0.15) is 5.75 Å². The van der Waals surface area contributed by atoms with Crippen LogP contribution in [-0.2, 0) is 11.3 Å². The molecule has 0 bridgehead atoms. The van der Waals surface area contributed by atoms with E-state index in [9.17, 15) is 4.79 Å². The van der Waals surface area contributed by atoms with Crippen LogP contribution in [-0.4, -0.2) is 15.6 Å². The number of hydrogen-bond donors (Lipinski definition) is 0. The molecule has 0 atom stereocenters. The minimum atomic E-state index is 0.0393. The number of benzene rings is 1. The Hall–Kier alpha value is -1.81. The summed E-state index contributed by atoms with van der Waals surface area (Å²) < 4.78 is 7.07. The van der Waals surface area contributed by atoms with Gasteiger partial charge in [0, 0.05) is 0 Å². The molecular weight excluding hydrogens is 240 g/mol. The number of halogens is 1. The maximum absolute atomic E-state index is 10.9. The second-order valence-electron chi connectivity index (χ2n) is 3.61. The van der Waals surface area contributed by atoms with Crippen LogP contribution in [0.2, 0.25) is 5.02 Å². The maximum atomic E-state index is 10.9. The van der Waals surface area contributed by atoms with E-state index < -0.39 is 0 Å². The molecular formula is C12H11ClN2O2. The van der Waals surface area contributed by atoms with Crippen molar-refractivity contribution in [1.29, 1.82) is 0 Å². The van der Waals surface area contributed by atoms with Crippen molar-refractivity contribution in [1.82, 2.24) is 9.78 Å². The van der Waals surface area contributed by atoms with Gasteiger partial charge in [0.25, 0.3) is 0 Å². The van der Waals surface area contributed by atoms with Crippen molar-refractivity contribution in [2.75, 3.05) is 0 Å². The van der Waals surface area contributed by atoms with Crippen molar-refractivity contribution in [3.05, 3.63) is 41.7 Å². The van der Waals surface area contributed by atoms with E-state index in [4.69, 9.17) is 16.3 Å². The van der Waals surface area contributed by atoms with Gasteiger partial charge in [-0.2, -0.15) is 5.10 Å². The Morgan fingerprint density at radius 1 is 1.47 bits per heavy atom. The molecule has 88 valence electrons. The average molecular weight is 251 g/mol. The number of nitrogens with zero attached hydrogens (tertiary/aromatic N) is 2. The fourth-order valence-corrected chi connectivity index (χ4v) is 1.54. The summed E-state index contributed by atoms with van der Waals surface area (Å²) in [7, 11) is 0. The van der Waals surface area contributed by atoms with E-state index in [1.807, 2.05) is 12.1 Å². The first-order valence-electron chi connectivity index (χ1n) is 5.09. The van der Waals surface area contributed by atoms with Crippen LogP contribution in [0.3, 0.4) is 0 Å². The third kappa shape index (κ3) is 3.07. The average Bonchev–Trinajstić information content (AvgIpc) is 2.68. The molecule has 1 aromatic heterocycles. The predicted octanol–water partition coefficient (Wildman–Crippen LogP) is 2.92. The molecule has 5 heteroatoms. The fraction of sp³-hybridized carbons (Fsp3) is 0.167. The van der Waals surface area contributed by atoms with Crippen LogP contribution in [0.5, 0.6) is 11.5 Å². The summed E-state index contributed by atoms with van der Waals surface area (Å²) in [5, 5.41) is 4.54. The van der Waals surface area contributed by atoms with Gasteiger partial charge in [-0.05, 0) is 19.1 Å². The zero-order valence-corrected chi connectivity index (χ0v) is 10.0. The molecule has 1 heterocycles. The summed E-state index contributed by atoms with van der Waals surface area (Å²) in [6, 6.07) is 7.18. The summed E-state index contributed by atoms with van der Waals surface area (Å²) in [6.45, 7) is 1.75. The molecule has 0 aliphatic rings. The van der Waals surface area contributed by atoms with E-state index in [1.165, 1.54) is 11.6 Å². The predicted molar refractivity (Wildman–Crippen MR) is 64.4 cm³/mol. The monoisotopic (exact) mass is 250 g/mol. The number of hydrogen-bond acceptors (Lipinski definition) is 3. The zero-order valence-electron chi connectivity index (χ0n) is 9.26. The van der Waals surface area contributed by atoms with E-state index in [0.717, 1.165) is 0 Å². The molecule has 17 heavy (non-hydrogen) atoms. The van der Waals surface area contributed by atoms with Gasteiger partial charge < -0.3 is 4.74 Å². The van der Waals surface area contributed by atoms with Gasteiger partial charge in [0.2, 0.25) is 0 Å². The molecule has 2 aromatic rings. The van der Waals surface area contributed by atoms with E-state index >= 15 is 0 Å². The second-order valence-corrected chi connectivity index (χ2v) is 4.02. The van der Waals surface area contributed by atoms with Gasteiger partial charge in [-0.15, -0.1) is 0 Å². The van der Waals surface area contributed by atoms with Gasteiger partial charge in [0.15, 0.2) is 11.5 Å². The lowest BCUT2D eigenvalue weighted by molar-refractivity contribution is -0.117. The van der Waals surface area contributed by atoms with Crippen LogP contribution in [0.15, 0.2) is 36.7 Å². The van der Waals surface area contributed by atoms with Crippen molar-refractivity contribution in [3.8, 4) is 11.5 Å². The summed E-state index contributed by atoms with van der Waals surface area (Å²) >= 11 is 5.96. The summed E-state index contributed by atoms with van der Waals surface area (Å²) in [5.74, 6) is 1.16. The SMILES string of the molecule is CC(=O)Cn1cc(Oc2ccccc2Cl)cn1. The number of para-hydroxylation sites is 1. The lowest BCUT2D eigenvalue weighted by Crippen LogP contribution is -2.05. The Kier molecular flexibility index (Phi) is 3.44. The highest BCUT2D eigenvalue weighted by atomic mass is 35.5. The van der Waals surface area contributed by atoms with Crippen LogP contribution < -0.4 is 4.74 Å². The van der Waals surface area contributed by atoms with Gasteiger partial charge in [-0.25, -0.2) is 0 Å². The highest BCUT2D eigenvalue weighted by Crippen LogP contribution is 2.28. The first-order valence-corrected chi connectivity index (χ1v) is 5.47. The molecule has 0 aliphatic carbocycles. The van der Waals surface area contributed by atoms with Crippen LogP contribution in [0.1, 0.15) is 6.92 Å². The van der Waals surface area contributed by atoms with Gasteiger partial charge in [0.05, 0.1) is 24.0 Å².